The minimum Gasteiger partial charge on any atom is -0.494 e. The molecule has 0 bridgehead atoms. The summed E-state index contributed by atoms with van der Waals surface area (Å²) < 4.78 is 45.0. The maximum Gasteiger partial charge on any atom is 0.339 e. The maximum absolute atomic E-state index is 14.0. The molecule has 256 valence electrons. The van der Waals surface area contributed by atoms with Crippen LogP contribution < -0.4 is 38.5 Å². The SMILES string of the molecule is CCCCOc1ccc(CO/N=C/C(CO)NC(=O)c2cc(OC)c3c(c2-c2c(C(=O)OCC)cc(OC)c4c2OCO4)OCO3)cc1. The molecular weight excluding hydrogens is 628 g/mol. The Morgan fingerprint density at radius 3 is 2.10 bits per heavy atom. The predicted octanol–water partition coefficient (Wildman–Crippen LogP) is 4.48. The van der Waals surface area contributed by atoms with E-state index in [1.807, 2.05) is 24.3 Å². The molecule has 3 aromatic rings. The zero-order valence-electron chi connectivity index (χ0n) is 27.2. The van der Waals surface area contributed by atoms with Gasteiger partial charge in [-0.25, -0.2) is 4.79 Å². The van der Waals surface area contributed by atoms with E-state index < -0.39 is 24.5 Å². The molecule has 0 radical (unpaired) electrons. The number of ether oxygens (including phenoxy) is 8. The molecule has 0 spiro atoms. The van der Waals surface area contributed by atoms with Crippen molar-refractivity contribution in [2.75, 3.05) is 47.6 Å². The number of amides is 1. The molecule has 2 aliphatic rings. The molecule has 48 heavy (non-hydrogen) atoms. The number of fused-ring (bicyclic) bond motifs is 2. The van der Waals surface area contributed by atoms with Crippen LogP contribution in [0.2, 0.25) is 0 Å². The normalized spacial score (nSPS) is 13.3. The Kier molecular flexibility index (Phi) is 11.3. The number of nitrogens with zero attached hydrogens (tertiary/aromatic N) is 1. The standard InChI is InChI=1S/C34H38N2O12/c1-5-7-12-43-22-10-8-20(9-11-22)17-48-35-15-21(16-37)36-33(38)23-13-25(40-3)29-31(46-18-44-29)27(23)28-24(34(39)42-6-2)14-26(41-4)30-32(28)47-19-45-30/h8-11,13-15,21,37H,5-7,12,16-19H2,1-4H3,(H,36,38)/b35-15+. The summed E-state index contributed by atoms with van der Waals surface area (Å²) in [6.07, 6.45) is 3.31. The van der Waals surface area contributed by atoms with Crippen molar-refractivity contribution in [1.82, 2.24) is 5.32 Å². The minimum absolute atomic E-state index is 0.0125. The maximum atomic E-state index is 14.0. The number of esters is 1. The Labute approximate surface area is 277 Å². The number of carbonyl (C=O) groups is 2. The second-order valence-corrected chi connectivity index (χ2v) is 10.5. The monoisotopic (exact) mass is 666 g/mol. The summed E-state index contributed by atoms with van der Waals surface area (Å²) in [6, 6.07) is 9.38. The summed E-state index contributed by atoms with van der Waals surface area (Å²) in [6.45, 7) is 3.83. The van der Waals surface area contributed by atoms with Crippen molar-refractivity contribution in [3.8, 4) is 51.4 Å². The molecule has 2 heterocycles. The van der Waals surface area contributed by atoms with E-state index >= 15 is 0 Å². The van der Waals surface area contributed by atoms with E-state index in [0.29, 0.717) is 6.61 Å². The van der Waals surface area contributed by atoms with E-state index in [1.165, 1.54) is 32.6 Å². The fraction of sp³-hybridized carbons (Fsp3) is 0.382. The summed E-state index contributed by atoms with van der Waals surface area (Å²) >= 11 is 0. The van der Waals surface area contributed by atoms with Gasteiger partial charge in [-0.2, -0.15) is 0 Å². The van der Waals surface area contributed by atoms with Gasteiger partial charge in [0.25, 0.3) is 5.91 Å². The van der Waals surface area contributed by atoms with Gasteiger partial charge in [-0.3, -0.25) is 4.79 Å². The number of carbonyl (C=O) groups excluding carboxylic acids is 2. The summed E-state index contributed by atoms with van der Waals surface area (Å²) in [5.41, 5.74) is 1.21. The number of benzene rings is 3. The molecule has 0 fully saturated rings. The van der Waals surface area contributed by atoms with E-state index in [9.17, 15) is 14.7 Å². The third-order valence-electron chi connectivity index (χ3n) is 7.40. The summed E-state index contributed by atoms with van der Waals surface area (Å²) in [5, 5.41) is 16.8. The van der Waals surface area contributed by atoms with Gasteiger partial charge in [0.15, 0.2) is 23.0 Å². The van der Waals surface area contributed by atoms with Crippen LogP contribution >= 0.6 is 0 Å². The topological polar surface area (TPSA) is 162 Å². The highest BCUT2D eigenvalue weighted by molar-refractivity contribution is 6.10. The van der Waals surface area contributed by atoms with Crippen LogP contribution in [0.1, 0.15) is 53.0 Å². The zero-order chi connectivity index (χ0) is 34.0. The van der Waals surface area contributed by atoms with Crippen LogP contribution in [-0.2, 0) is 16.2 Å². The summed E-state index contributed by atoms with van der Waals surface area (Å²) in [7, 11) is 2.84. The molecule has 2 aliphatic heterocycles. The predicted molar refractivity (Wildman–Crippen MR) is 172 cm³/mol. The van der Waals surface area contributed by atoms with Crippen molar-refractivity contribution in [2.45, 2.75) is 39.3 Å². The quantitative estimate of drug-likeness (QED) is 0.0956. The first-order chi connectivity index (χ1) is 23.4. The van der Waals surface area contributed by atoms with Crippen LogP contribution in [0.4, 0.5) is 0 Å². The first-order valence-corrected chi connectivity index (χ1v) is 15.4. The molecule has 0 saturated heterocycles. The van der Waals surface area contributed by atoms with Crippen molar-refractivity contribution in [2.24, 2.45) is 5.16 Å². The van der Waals surface area contributed by atoms with Crippen molar-refractivity contribution in [3.63, 3.8) is 0 Å². The van der Waals surface area contributed by atoms with Crippen LogP contribution in [0.3, 0.4) is 0 Å². The van der Waals surface area contributed by atoms with Crippen LogP contribution in [0.25, 0.3) is 11.1 Å². The summed E-state index contributed by atoms with van der Waals surface area (Å²) in [4.78, 5) is 32.7. The number of nitrogens with one attached hydrogen (secondary N) is 1. The smallest absolute Gasteiger partial charge is 0.339 e. The van der Waals surface area contributed by atoms with Gasteiger partial charge in [0.2, 0.25) is 25.1 Å². The van der Waals surface area contributed by atoms with Crippen LogP contribution in [-0.4, -0.2) is 76.9 Å². The third kappa shape index (κ3) is 7.28. The lowest BCUT2D eigenvalue weighted by Gasteiger charge is -2.20. The van der Waals surface area contributed by atoms with Crippen molar-refractivity contribution in [1.29, 1.82) is 0 Å². The van der Waals surface area contributed by atoms with Crippen molar-refractivity contribution in [3.05, 3.63) is 53.1 Å². The van der Waals surface area contributed by atoms with Gasteiger partial charge >= 0.3 is 5.97 Å². The van der Waals surface area contributed by atoms with Gasteiger partial charge in [0.1, 0.15) is 12.4 Å². The molecular formula is C34H38N2O12. The van der Waals surface area contributed by atoms with Gasteiger partial charge < -0.3 is 53.2 Å². The van der Waals surface area contributed by atoms with Crippen molar-refractivity contribution >= 4 is 18.1 Å². The van der Waals surface area contributed by atoms with Crippen LogP contribution in [0.5, 0.6) is 40.2 Å². The molecule has 1 unspecified atom stereocenters. The lowest BCUT2D eigenvalue weighted by atomic mass is 9.91. The molecule has 3 aromatic carbocycles. The van der Waals surface area contributed by atoms with E-state index in [-0.39, 0.29) is 83.6 Å². The highest BCUT2D eigenvalue weighted by Crippen LogP contribution is 2.56. The molecule has 0 aromatic heterocycles. The molecule has 0 saturated carbocycles. The van der Waals surface area contributed by atoms with Crippen molar-refractivity contribution < 1.29 is 57.4 Å². The van der Waals surface area contributed by atoms with Crippen LogP contribution in [0.15, 0.2) is 41.6 Å². The first-order valence-electron chi connectivity index (χ1n) is 15.4. The van der Waals surface area contributed by atoms with Crippen LogP contribution in [0, 0.1) is 0 Å². The Morgan fingerprint density at radius 1 is 0.917 bits per heavy atom. The zero-order valence-corrected chi connectivity index (χ0v) is 27.2. The molecule has 1 atom stereocenters. The second-order valence-electron chi connectivity index (χ2n) is 10.5. The van der Waals surface area contributed by atoms with Gasteiger partial charge in [0, 0.05) is 11.1 Å². The molecule has 5 rings (SSSR count). The lowest BCUT2D eigenvalue weighted by molar-refractivity contribution is 0.0526. The number of aliphatic hydroxyl groups excluding tert-OH is 1. The number of methoxy groups -OCH3 is 2. The van der Waals surface area contributed by atoms with E-state index in [2.05, 4.69) is 17.4 Å². The Hall–Kier alpha value is -5.37. The van der Waals surface area contributed by atoms with E-state index in [0.717, 1.165) is 24.2 Å². The van der Waals surface area contributed by atoms with Gasteiger partial charge in [-0.15, -0.1) is 0 Å². The first kappa shape index (κ1) is 34.0. The largest absolute Gasteiger partial charge is 0.494 e. The minimum atomic E-state index is -0.957. The molecule has 14 heteroatoms. The number of hydrogen-bond acceptors (Lipinski definition) is 13. The molecule has 14 nitrogen and oxygen atoms in total. The summed E-state index contributed by atoms with van der Waals surface area (Å²) in [5.74, 6) is 0.565. The number of aliphatic hydroxyl groups is 1. The van der Waals surface area contributed by atoms with E-state index in [4.69, 9.17) is 42.7 Å². The fourth-order valence-corrected chi connectivity index (χ4v) is 5.05. The second kappa shape index (κ2) is 16.0. The highest BCUT2D eigenvalue weighted by Gasteiger charge is 2.37. The average molecular weight is 667 g/mol. The fourth-order valence-electron chi connectivity index (χ4n) is 5.05. The lowest BCUT2D eigenvalue weighted by Crippen LogP contribution is -2.39. The highest BCUT2D eigenvalue weighted by atomic mass is 16.7. The molecule has 1 amide bonds. The van der Waals surface area contributed by atoms with Gasteiger partial charge in [-0.05, 0) is 43.2 Å². The Bertz CT molecular complexity index is 1640. The number of unbranched alkanes of at least 4 members (excludes halogenated alkanes) is 1. The molecule has 2 N–H and O–H groups in total. The van der Waals surface area contributed by atoms with E-state index in [1.54, 1.807) is 6.92 Å². The van der Waals surface area contributed by atoms with Gasteiger partial charge in [0.05, 0.1) is 57.4 Å². The number of rotatable bonds is 16. The average Bonchev–Trinajstić information content (AvgIpc) is 3.80. The molecule has 0 aliphatic carbocycles. The Morgan fingerprint density at radius 2 is 1.52 bits per heavy atom. The van der Waals surface area contributed by atoms with Gasteiger partial charge in [-0.1, -0.05) is 30.6 Å². The number of hydrogen-bond donors (Lipinski definition) is 2. The third-order valence-corrected chi connectivity index (χ3v) is 7.40. The number of oxime groups is 1. The Balaban J connectivity index is 1.44.